The van der Waals surface area contributed by atoms with Crippen molar-refractivity contribution in [3.8, 4) is 17.1 Å². The molecule has 8 nitrogen and oxygen atoms in total. The van der Waals surface area contributed by atoms with Gasteiger partial charge in [0.05, 0.1) is 6.04 Å². The lowest BCUT2D eigenvalue weighted by Crippen LogP contribution is -2.41. The van der Waals surface area contributed by atoms with Gasteiger partial charge in [0.1, 0.15) is 11.6 Å². The molecule has 2 N–H and O–H groups in total. The molecule has 0 saturated carbocycles. The van der Waals surface area contributed by atoms with Gasteiger partial charge in [-0.2, -0.15) is 5.10 Å². The second-order valence-corrected chi connectivity index (χ2v) is 8.47. The van der Waals surface area contributed by atoms with Crippen LogP contribution in [0.4, 0.5) is 5.69 Å². The molecule has 4 rings (SSSR count). The van der Waals surface area contributed by atoms with E-state index in [0.717, 1.165) is 24.8 Å². The number of piperidine rings is 1. The van der Waals surface area contributed by atoms with Crippen molar-refractivity contribution in [2.75, 3.05) is 18.5 Å². The SMILES string of the molecule is CC(C)C(=O)Nc1cccc(-c2n[nH]c([C@H]3CCCCN3C(=O)COc3ccccc3)n2)c1. The van der Waals surface area contributed by atoms with E-state index in [-0.39, 0.29) is 30.4 Å². The number of para-hydroxylation sites is 1. The van der Waals surface area contributed by atoms with Gasteiger partial charge in [-0.3, -0.25) is 14.7 Å². The van der Waals surface area contributed by atoms with Gasteiger partial charge in [0.15, 0.2) is 12.4 Å². The Balaban J connectivity index is 1.47. The molecule has 2 amide bonds. The first-order valence-electron chi connectivity index (χ1n) is 11.3. The summed E-state index contributed by atoms with van der Waals surface area (Å²) in [6, 6.07) is 16.6. The van der Waals surface area contributed by atoms with E-state index in [1.54, 1.807) is 0 Å². The molecule has 1 aliphatic rings. The molecule has 0 radical (unpaired) electrons. The highest BCUT2D eigenvalue weighted by molar-refractivity contribution is 5.92. The molecule has 1 saturated heterocycles. The number of H-pyrrole nitrogens is 1. The summed E-state index contributed by atoms with van der Waals surface area (Å²) >= 11 is 0. The molecule has 33 heavy (non-hydrogen) atoms. The number of rotatable bonds is 7. The quantitative estimate of drug-likeness (QED) is 0.565. The number of hydrogen-bond acceptors (Lipinski definition) is 5. The minimum absolute atomic E-state index is 0.0148. The number of nitrogens with one attached hydrogen (secondary N) is 2. The number of nitrogens with zero attached hydrogens (tertiary/aromatic N) is 3. The Labute approximate surface area is 193 Å². The molecule has 2 heterocycles. The van der Waals surface area contributed by atoms with Crippen LogP contribution in [0, 0.1) is 5.92 Å². The zero-order valence-corrected chi connectivity index (χ0v) is 19.0. The molecular weight excluding hydrogens is 418 g/mol. The Morgan fingerprint density at radius 3 is 2.76 bits per heavy atom. The minimum atomic E-state index is -0.171. The highest BCUT2D eigenvalue weighted by Gasteiger charge is 2.30. The van der Waals surface area contributed by atoms with Crippen molar-refractivity contribution in [3.63, 3.8) is 0 Å². The van der Waals surface area contributed by atoms with Gasteiger partial charge in [0.2, 0.25) is 5.91 Å². The van der Waals surface area contributed by atoms with E-state index in [4.69, 9.17) is 9.72 Å². The number of aromatic nitrogens is 3. The number of aromatic amines is 1. The standard InChI is InChI=1S/C25H29N5O3/c1-17(2)25(32)26-19-10-8-9-18(15-19)23-27-24(29-28-23)21-13-6-7-14-30(21)22(31)16-33-20-11-4-3-5-12-20/h3-5,8-12,15,17,21H,6-7,13-14,16H2,1-2H3,(H,26,32)(H,27,28,29)/t21-/m1/s1. The van der Waals surface area contributed by atoms with Crippen LogP contribution >= 0.6 is 0 Å². The lowest BCUT2D eigenvalue weighted by atomic mass is 10.0. The zero-order chi connectivity index (χ0) is 23.2. The van der Waals surface area contributed by atoms with Crippen molar-refractivity contribution < 1.29 is 14.3 Å². The molecule has 172 valence electrons. The predicted octanol–water partition coefficient (Wildman–Crippen LogP) is 4.20. The number of benzene rings is 2. The number of amides is 2. The first kappa shape index (κ1) is 22.5. The summed E-state index contributed by atoms with van der Waals surface area (Å²) < 4.78 is 5.67. The molecule has 0 aliphatic carbocycles. The first-order valence-corrected chi connectivity index (χ1v) is 11.3. The van der Waals surface area contributed by atoms with Crippen LogP contribution in [0.2, 0.25) is 0 Å². The van der Waals surface area contributed by atoms with Gasteiger partial charge >= 0.3 is 0 Å². The number of anilines is 1. The normalized spacial score (nSPS) is 16.0. The predicted molar refractivity (Wildman–Crippen MR) is 126 cm³/mol. The van der Waals surface area contributed by atoms with Gasteiger partial charge in [-0.25, -0.2) is 4.98 Å². The summed E-state index contributed by atoms with van der Waals surface area (Å²) in [6.45, 7) is 4.35. The molecule has 8 heteroatoms. The van der Waals surface area contributed by atoms with Crippen molar-refractivity contribution in [3.05, 3.63) is 60.4 Å². The second kappa shape index (κ2) is 10.3. The fourth-order valence-electron chi connectivity index (χ4n) is 3.83. The Morgan fingerprint density at radius 2 is 1.97 bits per heavy atom. The topological polar surface area (TPSA) is 100 Å². The Bertz CT molecular complexity index is 1100. The van der Waals surface area contributed by atoms with E-state index in [1.807, 2.05) is 73.3 Å². The Morgan fingerprint density at radius 1 is 1.15 bits per heavy atom. The van der Waals surface area contributed by atoms with Gasteiger partial charge in [0, 0.05) is 23.7 Å². The molecule has 0 spiro atoms. The molecule has 1 aliphatic heterocycles. The van der Waals surface area contributed by atoms with Crippen molar-refractivity contribution in [2.45, 2.75) is 39.2 Å². The molecule has 1 fully saturated rings. The first-order chi connectivity index (χ1) is 16.0. The van der Waals surface area contributed by atoms with Crippen LogP contribution in [0.3, 0.4) is 0 Å². The van der Waals surface area contributed by atoms with E-state index in [1.165, 1.54) is 0 Å². The smallest absolute Gasteiger partial charge is 0.261 e. The third kappa shape index (κ3) is 5.58. The van der Waals surface area contributed by atoms with Crippen LogP contribution in [-0.4, -0.2) is 45.0 Å². The summed E-state index contributed by atoms with van der Waals surface area (Å²) in [5.41, 5.74) is 1.49. The third-order valence-electron chi connectivity index (χ3n) is 5.66. The fraction of sp³-hybridized carbons (Fsp3) is 0.360. The number of hydrogen-bond donors (Lipinski definition) is 2. The molecule has 1 atom stereocenters. The summed E-state index contributed by atoms with van der Waals surface area (Å²) in [5, 5.41) is 10.3. The molecule has 0 unspecified atom stereocenters. The number of ether oxygens (including phenoxy) is 1. The van der Waals surface area contributed by atoms with Crippen LogP contribution in [0.25, 0.3) is 11.4 Å². The Hall–Kier alpha value is -3.68. The van der Waals surface area contributed by atoms with E-state index in [9.17, 15) is 9.59 Å². The fourth-order valence-corrected chi connectivity index (χ4v) is 3.83. The van der Waals surface area contributed by atoms with Crippen molar-refractivity contribution in [2.24, 2.45) is 5.92 Å². The monoisotopic (exact) mass is 447 g/mol. The van der Waals surface area contributed by atoms with E-state index in [0.29, 0.717) is 29.6 Å². The number of likely N-dealkylation sites (tertiary alicyclic amines) is 1. The lowest BCUT2D eigenvalue weighted by Gasteiger charge is -2.34. The minimum Gasteiger partial charge on any atom is -0.484 e. The number of carbonyl (C=O) groups excluding carboxylic acids is 2. The van der Waals surface area contributed by atoms with Gasteiger partial charge in [-0.05, 0) is 43.5 Å². The van der Waals surface area contributed by atoms with E-state index in [2.05, 4.69) is 15.5 Å². The average Bonchev–Trinajstić information content (AvgIpc) is 3.33. The van der Waals surface area contributed by atoms with Crippen LogP contribution in [0.1, 0.15) is 45.0 Å². The summed E-state index contributed by atoms with van der Waals surface area (Å²) in [7, 11) is 0. The van der Waals surface area contributed by atoms with Crippen LogP contribution < -0.4 is 10.1 Å². The maximum atomic E-state index is 12.9. The summed E-state index contributed by atoms with van der Waals surface area (Å²) in [5.74, 6) is 1.64. The number of carbonyl (C=O) groups is 2. The molecule has 1 aromatic heterocycles. The highest BCUT2D eigenvalue weighted by atomic mass is 16.5. The molecule has 2 aromatic carbocycles. The van der Waals surface area contributed by atoms with Crippen LogP contribution in [-0.2, 0) is 9.59 Å². The largest absolute Gasteiger partial charge is 0.484 e. The van der Waals surface area contributed by atoms with E-state index >= 15 is 0 Å². The third-order valence-corrected chi connectivity index (χ3v) is 5.66. The zero-order valence-electron chi connectivity index (χ0n) is 19.0. The van der Waals surface area contributed by atoms with E-state index < -0.39 is 0 Å². The maximum absolute atomic E-state index is 12.9. The van der Waals surface area contributed by atoms with Crippen molar-refractivity contribution >= 4 is 17.5 Å². The van der Waals surface area contributed by atoms with Gasteiger partial charge in [0.25, 0.3) is 5.91 Å². The molecule has 3 aromatic rings. The van der Waals surface area contributed by atoms with Crippen molar-refractivity contribution in [1.82, 2.24) is 20.1 Å². The van der Waals surface area contributed by atoms with Crippen LogP contribution in [0.5, 0.6) is 5.75 Å². The second-order valence-electron chi connectivity index (χ2n) is 8.47. The summed E-state index contributed by atoms with van der Waals surface area (Å²) in [4.78, 5) is 31.5. The summed E-state index contributed by atoms with van der Waals surface area (Å²) in [6.07, 6.45) is 2.78. The average molecular weight is 448 g/mol. The maximum Gasteiger partial charge on any atom is 0.261 e. The Kier molecular flexibility index (Phi) is 7.02. The van der Waals surface area contributed by atoms with Gasteiger partial charge < -0.3 is 15.0 Å². The highest BCUT2D eigenvalue weighted by Crippen LogP contribution is 2.30. The van der Waals surface area contributed by atoms with Crippen molar-refractivity contribution in [1.29, 1.82) is 0 Å². The van der Waals surface area contributed by atoms with Gasteiger partial charge in [-0.15, -0.1) is 0 Å². The molecule has 0 bridgehead atoms. The van der Waals surface area contributed by atoms with Gasteiger partial charge in [-0.1, -0.05) is 44.2 Å². The lowest BCUT2D eigenvalue weighted by molar-refractivity contribution is -0.137. The van der Waals surface area contributed by atoms with Crippen LogP contribution in [0.15, 0.2) is 54.6 Å². The molecular formula is C25H29N5O3.